The number of thioether (sulfide) groups is 1. The quantitative estimate of drug-likeness (QED) is 0.554. The third kappa shape index (κ3) is 2.76. The Bertz CT molecular complexity index is 254. The standard InChI is InChI=1S/C7H11N3S/c1-5(2)4-11-7-8-6(3)9-10-7/h1,4H2,2-3H3,(H,8,9,10). The van der Waals surface area contributed by atoms with Crippen LogP contribution in [0.4, 0.5) is 0 Å². The second kappa shape index (κ2) is 3.57. The molecule has 11 heavy (non-hydrogen) atoms. The van der Waals surface area contributed by atoms with Crippen LogP contribution in [-0.2, 0) is 0 Å². The van der Waals surface area contributed by atoms with Crippen LogP contribution in [0.3, 0.4) is 0 Å². The fourth-order valence-electron chi connectivity index (χ4n) is 0.574. The monoisotopic (exact) mass is 169 g/mol. The summed E-state index contributed by atoms with van der Waals surface area (Å²) in [5, 5.41) is 7.55. The topological polar surface area (TPSA) is 41.6 Å². The number of hydrogen-bond donors (Lipinski definition) is 1. The Hall–Kier alpha value is -0.770. The number of aryl methyl sites for hydroxylation is 1. The van der Waals surface area contributed by atoms with Gasteiger partial charge in [0.05, 0.1) is 0 Å². The summed E-state index contributed by atoms with van der Waals surface area (Å²) in [5.74, 6) is 1.74. The van der Waals surface area contributed by atoms with Crippen molar-refractivity contribution in [3.05, 3.63) is 18.0 Å². The second-order valence-corrected chi connectivity index (χ2v) is 3.39. The molecule has 0 saturated heterocycles. The maximum absolute atomic E-state index is 4.14. The Morgan fingerprint density at radius 2 is 2.45 bits per heavy atom. The van der Waals surface area contributed by atoms with Crippen molar-refractivity contribution in [2.75, 3.05) is 5.75 Å². The number of H-pyrrole nitrogens is 1. The van der Waals surface area contributed by atoms with Crippen LogP contribution in [0.15, 0.2) is 17.3 Å². The van der Waals surface area contributed by atoms with Gasteiger partial charge in [0.1, 0.15) is 5.82 Å². The van der Waals surface area contributed by atoms with E-state index in [1.807, 2.05) is 13.8 Å². The second-order valence-electron chi connectivity index (χ2n) is 2.45. The van der Waals surface area contributed by atoms with Gasteiger partial charge in [-0.05, 0) is 13.8 Å². The summed E-state index contributed by atoms with van der Waals surface area (Å²) in [4.78, 5) is 4.14. The molecule has 0 fully saturated rings. The van der Waals surface area contributed by atoms with Crippen LogP contribution < -0.4 is 0 Å². The zero-order valence-corrected chi connectivity index (χ0v) is 7.53. The van der Waals surface area contributed by atoms with Gasteiger partial charge in [0, 0.05) is 5.75 Å². The Morgan fingerprint density at radius 1 is 1.73 bits per heavy atom. The maximum atomic E-state index is 4.14. The number of aromatic amines is 1. The molecule has 0 atom stereocenters. The van der Waals surface area contributed by atoms with Crippen molar-refractivity contribution in [3.8, 4) is 0 Å². The fourth-order valence-corrected chi connectivity index (χ4v) is 1.26. The molecule has 1 heterocycles. The van der Waals surface area contributed by atoms with Crippen molar-refractivity contribution >= 4 is 11.8 Å². The van der Waals surface area contributed by atoms with Crippen molar-refractivity contribution in [3.63, 3.8) is 0 Å². The molecule has 0 spiro atoms. The summed E-state index contributed by atoms with van der Waals surface area (Å²) < 4.78 is 0. The van der Waals surface area contributed by atoms with Crippen LogP contribution >= 0.6 is 11.8 Å². The van der Waals surface area contributed by atoms with E-state index in [-0.39, 0.29) is 0 Å². The van der Waals surface area contributed by atoms with Crippen LogP contribution in [0.1, 0.15) is 12.7 Å². The molecule has 0 aliphatic carbocycles. The lowest BCUT2D eigenvalue weighted by Crippen LogP contribution is -1.81. The lowest BCUT2D eigenvalue weighted by Gasteiger charge is -1.92. The van der Waals surface area contributed by atoms with Gasteiger partial charge >= 0.3 is 0 Å². The Labute approximate surface area is 70.3 Å². The Morgan fingerprint density at radius 3 is 2.91 bits per heavy atom. The molecule has 1 aromatic rings. The lowest BCUT2D eigenvalue weighted by molar-refractivity contribution is 0.970. The molecule has 4 heteroatoms. The predicted molar refractivity (Wildman–Crippen MR) is 46.7 cm³/mol. The normalized spacial score (nSPS) is 10.0. The minimum Gasteiger partial charge on any atom is -0.262 e. The summed E-state index contributed by atoms with van der Waals surface area (Å²) in [5.41, 5.74) is 1.14. The van der Waals surface area contributed by atoms with Crippen molar-refractivity contribution < 1.29 is 0 Å². The van der Waals surface area contributed by atoms with Gasteiger partial charge in [-0.15, -0.1) is 5.10 Å². The third-order valence-corrected chi connectivity index (χ3v) is 2.10. The molecule has 0 aliphatic heterocycles. The molecule has 0 aliphatic rings. The summed E-state index contributed by atoms with van der Waals surface area (Å²) in [6.45, 7) is 7.67. The van der Waals surface area contributed by atoms with Crippen LogP contribution in [0.2, 0.25) is 0 Å². The highest BCUT2D eigenvalue weighted by molar-refractivity contribution is 7.99. The van der Waals surface area contributed by atoms with Gasteiger partial charge < -0.3 is 0 Å². The van der Waals surface area contributed by atoms with E-state index in [9.17, 15) is 0 Å². The number of hydrogen-bond acceptors (Lipinski definition) is 3. The first-order valence-electron chi connectivity index (χ1n) is 3.34. The van der Waals surface area contributed by atoms with E-state index in [4.69, 9.17) is 0 Å². The average Bonchev–Trinajstić information content (AvgIpc) is 2.31. The number of aromatic nitrogens is 3. The lowest BCUT2D eigenvalue weighted by atomic mass is 10.4. The Kier molecular flexibility index (Phi) is 2.70. The van der Waals surface area contributed by atoms with Gasteiger partial charge in [-0.2, -0.15) is 0 Å². The molecule has 0 radical (unpaired) electrons. The first-order valence-corrected chi connectivity index (χ1v) is 4.33. The molecule has 60 valence electrons. The third-order valence-electron chi connectivity index (χ3n) is 1.02. The molecular weight excluding hydrogens is 158 g/mol. The van der Waals surface area contributed by atoms with Gasteiger partial charge in [0.25, 0.3) is 0 Å². The summed E-state index contributed by atoms with van der Waals surface area (Å²) in [6.07, 6.45) is 0. The van der Waals surface area contributed by atoms with Crippen molar-refractivity contribution in [2.45, 2.75) is 19.0 Å². The number of nitrogens with zero attached hydrogens (tertiary/aromatic N) is 2. The summed E-state index contributed by atoms with van der Waals surface area (Å²) in [7, 11) is 0. The minimum atomic E-state index is 0.797. The number of rotatable bonds is 3. The molecule has 1 N–H and O–H groups in total. The SMILES string of the molecule is C=C(C)CSc1n[nH]c(C)n1. The number of nitrogens with one attached hydrogen (secondary N) is 1. The van der Waals surface area contributed by atoms with Gasteiger partial charge in [-0.1, -0.05) is 23.9 Å². The van der Waals surface area contributed by atoms with Crippen molar-refractivity contribution in [1.82, 2.24) is 15.2 Å². The van der Waals surface area contributed by atoms with Crippen LogP contribution in [0, 0.1) is 6.92 Å². The zero-order chi connectivity index (χ0) is 8.27. The van der Waals surface area contributed by atoms with E-state index in [2.05, 4.69) is 21.8 Å². The molecule has 1 rings (SSSR count). The molecule has 0 saturated carbocycles. The van der Waals surface area contributed by atoms with E-state index in [0.717, 1.165) is 22.3 Å². The molecule has 1 aromatic heterocycles. The van der Waals surface area contributed by atoms with Crippen LogP contribution in [0.5, 0.6) is 0 Å². The van der Waals surface area contributed by atoms with E-state index >= 15 is 0 Å². The molecule has 0 amide bonds. The smallest absolute Gasteiger partial charge is 0.208 e. The molecule has 0 bridgehead atoms. The first-order chi connectivity index (χ1) is 5.18. The van der Waals surface area contributed by atoms with E-state index in [0.29, 0.717) is 0 Å². The maximum Gasteiger partial charge on any atom is 0.208 e. The van der Waals surface area contributed by atoms with Crippen LogP contribution in [-0.4, -0.2) is 20.9 Å². The van der Waals surface area contributed by atoms with Crippen molar-refractivity contribution in [2.24, 2.45) is 0 Å². The highest BCUT2D eigenvalue weighted by Gasteiger charge is 1.98. The molecular formula is C7H11N3S. The van der Waals surface area contributed by atoms with Gasteiger partial charge in [0.2, 0.25) is 5.16 Å². The Balaban J connectivity index is 2.45. The highest BCUT2D eigenvalue weighted by Crippen LogP contribution is 2.14. The molecule has 0 aromatic carbocycles. The van der Waals surface area contributed by atoms with Crippen molar-refractivity contribution in [1.29, 1.82) is 0 Å². The predicted octanol–water partition coefficient (Wildman–Crippen LogP) is 1.78. The van der Waals surface area contributed by atoms with Gasteiger partial charge in [-0.25, -0.2) is 4.98 Å². The van der Waals surface area contributed by atoms with Gasteiger partial charge in [0.15, 0.2) is 0 Å². The summed E-state index contributed by atoms with van der Waals surface area (Å²) in [6, 6.07) is 0. The van der Waals surface area contributed by atoms with E-state index in [1.54, 1.807) is 11.8 Å². The average molecular weight is 169 g/mol. The summed E-state index contributed by atoms with van der Waals surface area (Å²) >= 11 is 1.60. The van der Waals surface area contributed by atoms with Crippen LogP contribution in [0.25, 0.3) is 0 Å². The zero-order valence-electron chi connectivity index (χ0n) is 6.72. The largest absolute Gasteiger partial charge is 0.262 e. The van der Waals surface area contributed by atoms with Gasteiger partial charge in [-0.3, -0.25) is 5.10 Å². The first kappa shape index (κ1) is 8.33. The highest BCUT2D eigenvalue weighted by atomic mass is 32.2. The van der Waals surface area contributed by atoms with E-state index in [1.165, 1.54) is 0 Å². The van der Waals surface area contributed by atoms with E-state index < -0.39 is 0 Å². The minimum absolute atomic E-state index is 0.797. The fraction of sp³-hybridized carbons (Fsp3) is 0.429. The molecule has 3 nitrogen and oxygen atoms in total. The molecule has 0 unspecified atom stereocenters.